The Hall–Kier alpha value is -3.20. The van der Waals surface area contributed by atoms with E-state index in [-0.39, 0.29) is 17.7 Å². The lowest BCUT2D eigenvalue weighted by molar-refractivity contribution is -0.115. The SMILES string of the molecule is COc1cc(-c2nnc(SCC(=O)N(C)c3ccccc3)n2C2CCCCC2)cc(OC)c1OC. The quantitative estimate of drug-likeness (QED) is 0.375. The number of rotatable bonds is 9. The molecular weight excluding hydrogens is 464 g/mol. The van der Waals surface area contributed by atoms with Crippen LogP contribution in [0.3, 0.4) is 0 Å². The number of thioether (sulfide) groups is 1. The fourth-order valence-electron chi connectivity index (χ4n) is 4.47. The van der Waals surface area contributed by atoms with Gasteiger partial charge in [0.15, 0.2) is 22.5 Å². The minimum Gasteiger partial charge on any atom is -0.493 e. The minimum atomic E-state index is 0.00808. The Morgan fingerprint density at radius 1 is 1.00 bits per heavy atom. The van der Waals surface area contributed by atoms with E-state index in [1.54, 1.807) is 33.3 Å². The zero-order chi connectivity index (χ0) is 24.8. The molecule has 0 saturated heterocycles. The van der Waals surface area contributed by atoms with Crippen molar-refractivity contribution in [2.24, 2.45) is 0 Å². The molecule has 0 atom stereocenters. The maximum absolute atomic E-state index is 12.9. The second-order valence-corrected chi connectivity index (χ2v) is 9.40. The highest BCUT2D eigenvalue weighted by molar-refractivity contribution is 7.99. The molecule has 0 radical (unpaired) electrons. The van der Waals surface area contributed by atoms with Crippen LogP contribution in [0.1, 0.15) is 38.1 Å². The van der Waals surface area contributed by atoms with Gasteiger partial charge in [0, 0.05) is 24.3 Å². The Bertz CT molecular complexity index is 1120. The number of ether oxygens (including phenoxy) is 3. The van der Waals surface area contributed by atoms with Crippen molar-refractivity contribution in [3.63, 3.8) is 0 Å². The highest BCUT2D eigenvalue weighted by atomic mass is 32.2. The molecule has 0 aliphatic heterocycles. The number of hydrogen-bond donors (Lipinski definition) is 0. The van der Waals surface area contributed by atoms with Gasteiger partial charge >= 0.3 is 0 Å². The molecule has 1 amide bonds. The zero-order valence-electron chi connectivity index (χ0n) is 20.7. The normalized spacial score (nSPS) is 13.9. The van der Waals surface area contributed by atoms with E-state index in [4.69, 9.17) is 14.2 Å². The number of amides is 1. The summed E-state index contributed by atoms with van der Waals surface area (Å²) < 4.78 is 18.8. The summed E-state index contributed by atoms with van der Waals surface area (Å²) in [6.45, 7) is 0. The first-order valence-electron chi connectivity index (χ1n) is 11.8. The first kappa shape index (κ1) is 24.9. The molecule has 0 spiro atoms. The molecular formula is C26H32N4O4S. The molecule has 0 N–H and O–H groups in total. The Morgan fingerprint density at radius 3 is 2.26 bits per heavy atom. The van der Waals surface area contributed by atoms with E-state index in [1.165, 1.54) is 18.2 Å². The summed E-state index contributed by atoms with van der Waals surface area (Å²) in [5.41, 5.74) is 1.70. The summed E-state index contributed by atoms with van der Waals surface area (Å²) in [4.78, 5) is 14.6. The molecule has 1 aliphatic carbocycles. The topological polar surface area (TPSA) is 78.7 Å². The fraction of sp³-hybridized carbons (Fsp3) is 0.423. The van der Waals surface area contributed by atoms with Gasteiger partial charge in [0.1, 0.15) is 0 Å². The van der Waals surface area contributed by atoms with E-state index in [9.17, 15) is 4.79 Å². The largest absolute Gasteiger partial charge is 0.493 e. The summed E-state index contributed by atoms with van der Waals surface area (Å²) in [5, 5.41) is 9.83. The number of methoxy groups -OCH3 is 3. The maximum atomic E-state index is 12.9. The van der Waals surface area contributed by atoms with Crippen LogP contribution in [0.15, 0.2) is 47.6 Å². The number of carbonyl (C=O) groups excluding carboxylic acids is 1. The molecule has 0 bridgehead atoms. The van der Waals surface area contributed by atoms with E-state index in [1.807, 2.05) is 42.5 Å². The number of aromatic nitrogens is 3. The van der Waals surface area contributed by atoms with Crippen LogP contribution in [-0.4, -0.2) is 54.8 Å². The van der Waals surface area contributed by atoms with Crippen LogP contribution < -0.4 is 19.1 Å². The lowest BCUT2D eigenvalue weighted by atomic mass is 9.95. The third kappa shape index (κ3) is 5.40. The predicted molar refractivity (Wildman–Crippen MR) is 138 cm³/mol. The van der Waals surface area contributed by atoms with Crippen molar-refractivity contribution in [1.82, 2.24) is 14.8 Å². The highest BCUT2D eigenvalue weighted by Gasteiger charge is 2.26. The van der Waals surface area contributed by atoms with Crippen molar-refractivity contribution < 1.29 is 19.0 Å². The molecule has 1 saturated carbocycles. The van der Waals surface area contributed by atoms with Crippen LogP contribution >= 0.6 is 11.8 Å². The molecule has 1 fully saturated rings. The summed E-state index contributed by atoms with van der Waals surface area (Å²) >= 11 is 1.43. The Labute approximate surface area is 210 Å². The summed E-state index contributed by atoms with van der Waals surface area (Å²) in [5.74, 6) is 2.68. The van der Waals surface area contributed by atoms with Crippen LogP contribution in [-0.2, 0) is 4.79 Å². The molecule has 1 aliphatic rings. The Morgan fingerprint density at radius 2 is 1.66 bits per heavy atom. The van der Waals surface area contributed by atoms with Gasteiger partial charge in [0.2, 0.25) is 11.7 Å². The standard InChI is InChI=1S/C26H32N4O4S/c1-29(19-11-7-5-8-12-19)23(31)17-35-26-28-27-25(30(26)20-13-9-6-10-14-20)18-15-21(32-2)24(34-4)22(16-18)33-3/h5,7-8,11-12,15-16,20H,6,9-10,13-14,17H2,1-4H3. The van der Waals surface area contributed by atoms with Gasteiger partial charge in [-0.2, -0.15) is 0 Å². The first-order valence-corrected chi connectivity index (χ1v) is 12.8. The zero-order valence-corrected chi connectivity index (χ0v) is 21.5. The van der Waals surface area contributed by atoms with E-state index in [0.717, 1.165) is 47.9 Å². The van der Waals surface area contributed by atoms with Crippen molar-refractivity contribution in [2.45, 2.75) is 43.3 Å². The molecule has 1 heterocycles. The Kier molecular flexibility index (Phi) is 8.17. The highest BCUT2D eigenvalue weighted by Crippen LogP contribution is 2.43. The number of anilines is 1. The van der Waals surface area contributed by atoms with E-state index < -0.39 is 0 Å². The van der Waals surface area contributed by atoms with Crippen molar-refractivity contribution in [2.75, 3.05) is 39.0 Å². The lowest BCUT2D eigenvalue weighted by Crippen LogP contribution is -2.28. The average Bonchev–Trinajstić information content (AvgIpc) is 3.35. The molecule has 3 aromatic rings. The molecule has 8 nitrogen and oxygen atoms in total. The van der Waals surface area contributed by atoms with E-state index >= 15 is 0 Å². The Balaban J connectivity index is 1.66. The molecule has 9 heteroatoms. The molecule has 2 aromatic carbocycles. The van der Waals surface area contributed by atoms with Gasteiger partial charge in [-0.25, -0.2) is 0 Å². The number of carbonyl (C=O) groups is 1. The summed E-state index contributed by atoms with van der Waals surface area (Å²) in [6.07, 6.45) is 5.68. The van der Waals surface area contributed by atoms with Crippen LogP contribution in [0.5, 0.6) is 17.2 Å². The average molecular weight is 497 g/mol. The van der Waals surface area contributed by atoms with E-state index in [0.29, 0.717) is 17.2 Å². The smallest absolute Gasteiger partial charge is 0.237 e. The van der Waals surface area contributed by atoms with Crippen molar-refractivity contribution in [3.05, 3.63) is 42.5 Å². The van der Waals surface area contributed by atoms with Crippen molar-refractivity contribution in [1.29, 1.82) is 0 Å². The third-order valence-corrected chi connectivity index (χ3v) is 7.30. The van der Waals surface area contributed by atoms with Crippen LogP contribution in [0.4, 0.5) is 5.69 Å². The number of nitrogens with zero attached hydrogens (tertiary/aromatic N) is 4. The van der Waals surface area contributed by atoms with Crippen LogP contribution in [0.2, 0.25) is 0 Å². The number of para-hydroxylation sites is 1. The van der Waals surface area contributed by atoms with Crippen molar-refractivity contribution in [3.8, 4) is 28.6 Å². The van der Waals surface area contributed by atoms with Crippen molar-refractivity contribution >= 4 is 23.4 Å². The van der Waals surface area contributed by atoms with Gasteiger partial charge < -0.3 is 19.1 Å². The molecule has 186 valence electrons. The van der Waals surface area contributed by atoms with Gasteiger partial charge in [-0.15, -0.1) is 10.2 Å². The second kappa shape index (κ2) is 11.5. The minimum absolute atomic E-state index is 0.00808. The molecule has 1 aromatic heterocycles. The number of benzene rings is 2. The van der Waals surface area contributed by atoms with Crippen LogP contribution in [0.25, 0.3) is 11.4 Å². The molecule has 4 rings (SSSR count). The van der Waals surface area contributed by atoms with Gasteiger partial charge in [0.25, 0.3) is 0 Å². The van der Waals surface area contributed by atoms with Gasteiger partial charge in [-0.1, -0.05) is 49.2 Å². The fourth-order valence-corrected chi connectivity index (χ4v) is 5.39. The van der Waals surface area contributed by atoms with E-state index in [2.05, 4.69) is 14.8 Å². The first-order chi connectivity index (χ1) is 17.1. The third-order valence-electron chi connectivity index (χ3n) is 6.37. The second-order valence-electron chi connectivity index (χ2n) is 8.46. The summed E-state index contributed by atoms with van der Waals surface area (Å²) in [7, 11) is 6.58. The molecule has 35 heavy (non-hydrogen) atoms. The van der Waals surface area contributed by atoms with Gasteiger partial charge in [-0.05, 0) is 37.1 Å². The summed E-state index contributed by atoms with van der Waals surface area (Å²) in [6, 6.07) is 13.7. The monoisotopic (exact) mass is 496 g/mol. The predicted octanol–water partition coefficient (Wildman–Crippen LogP) is 5.23. The molecule has 0 unspecified atom stereocenters. The van der Waals surface area contributed by atoms with Gasteiger partial charge in [0.05, 0.1) is 27.1 Å². The lowest BCUT2D eigenvalue weighted by Gasteiger charge is -2.26. The van der Waals surface area contributed by atoms with Gasteiger partial charge in [-0.3, -0.25) is 9.36 Å². The number of hydrogen-bond acceptors (Lipinski definition) is 7. The van der Waals surface area contributed by atoms with Crippen LogP contribution in [0, 0.1) is 0 Å². The maximum Gasteiger partial charge on any atom is 0.237 e.